The lowest BCUT2D eigenvalue weighted by Gasteiger charge is -2.34. The molecule has 26 heavy (non-hydrogen) atoms. The largest absolute Gasteiger partial charge is 0.450 e. The van der Waals surface area contributed by atoms with E-state index >= 15 is 0 Å². The van der Waals surface area contributed by atoms with Crippen LogP contribution in [0.4, 0.5) is 4.79 Å². The SMILES string of the molecule is CCOC(=O)N1CCN(C(=O)CNS(=O)(=O)c2cc(C)ccc2C)CC1. The van der Waals surface area contributed by atoms with Crippen molar-refractivity contribution in [2.45, 2.75) is 25.7 Å². The first kappa shape index (κ1) is 20.2. The van der Waals surface area contributed by atoms with Gasteiger partial charge in [-0.2, -0.15) is 0 Å². The normalized spacial score (nSPS) is 15.0. The zero-order valence-corrected chi connectivity index (χ0v) is 16.1. The number of benzene rings is 1. The van der Waals surface area contributed by atoms with Crippen LogP contribution in [0.3, 0.4) is 0 Å². The molecule has 0 bridgehead atoms. The lowest BCUT2D eigenvalue weighted by atomic mass is 10.2. The maximum atomic E-state index is 12.5. The van der Waals surface area contributed by atoms with Crippen LogP contribution in [0.2, 0.25) is 0 Å². The highest BCUT2D eigenvalue weighted by atomic mass is 32.2. The minimum atomic E-state index is -3.76. The van der Waals surface area contributed by atoms with Crippen molar-refractivity contribution < 1.29 is 22.7 Å². The lowest BCUT2D eigenvalue weighted by Crippen LogP contribution is -2.52. The number of carbonyl (C=O) groups excluding carboxylic acids is 2. The smallest absolute Gasteiger partial charge is 0.409 e. The summed E-state index contributed by atoms with van der Waals surface area (Å²) >= 11 is 0. The molecule has 9 heteroatoms. The van der Waals surface area contributed by atoms with Crippen LogP contribution in [0.25, 0.3) is 0 Å². The highest BCUT2D eigenvalue weighted by molar-refractivity contribution is 7.89. The predicted octanol–water partition coefficient (Wildman–Crippen LogP) is 0.882. The number of piperazine rings is 1. The number of nitrogens with zero attached hydrogens (tertiary/aromatic N) is 2. The molecule has 1 aliphatic rings. The van der Waals surface area contributed by atoms with Crippen LogP contribution < -0.4 is 4.72 Å². The van der Waals surface area contributed by atoms with Crippen LogP contribution >= 0.6 is 0 Å². The summed E-state index contributed by atoms with van der Waals surface area (Å²) < 4.78 is 32.2. The Hall–Kier alpha value is -2.13. The first-order valence-corrected chi connectivity index (χ1v) is 9.99. The second-order valence-corrected chi connectivity index (χ2v) is 7.90. The molecule has 1 aromatic carbocycles. The van der Waals surface area contributed by atoms with Gasteiger partial charge in [0.25, 0.3) is 0 Å². The molecule has 8 nitrogen and oxygen atoms in total. The summed E-state index contributed by atoms with van der Waals surface area (Å²) in [4.78, 5) is 27.2. The Morgan fingerprint density at radius 1 is 1.12 bits per heavy atom. The van der Waals surface area contributed by atoms with E-state index < -0.39 is 16.1 Å². The van der Waals surface area contributed by atoms with Gasteiger partial charge in [-0.05, 0) is 38.0 Å². The number of hydrogen-bond donors (Lipinski definition) is 1. The van der Waals surface area contributed by atoms with Crippen molar-refractivity contribution in [1.82, 2.24) is 14.5 Å². The summed E-state index contributed by atoms with van der Waals surface area (Å²) in [7, 11) is -3.76. The van der Waals surface area contributed by atoms with Gasteiger partial charge in [0.15, 0.2) is 0 Å². The summed E-state index contributed by atoms with van der Waals surface area (Å²) in [5.41, 5.74) is 1.45. The Morgan fingerprint density at radius 2 is 1.73 bits per heavy atom. The molecule has 0 atom stereocenters. The number of sulfonamides is 1. The number of rotatable bonds is 5. The van der Waals surface area contributed by atoms with Gasteiger partial charge in [0.1, 0.15) is 0 Å². The van der Waals surface area contributed by atoms with Crippen molar-refractivity contribution >= 4 is 22.0 Å². The summed E-state index contributed by atoms with van der Waals surface area (Å²) in [5, 5.41) is 0. The molecule has 144 valence electrons. The zero-order valence-electron chi connectivity index (χ0n) is 15.3. The second kappa shape index (κ2) is 8.50. The standard InChI is InChI=1S/C17H25N3O5S/c1-4-25-17(22)20-9-7-19(8-10-20)16(21)12-18-26(23,24)15-11-13(2)5-6-14(15)3/h5-6,11,18H,4,7-10,12H2,1-3H3. The van der Waals surface area contributed by atoms with Crippen molar-refractivity contribution in [2.75, 3.05) is 39.3 Å². The molecule has 1 fully saturated rings. The van der Waals surface area contributed by atoms with Gasteiger partial charge in [0.05, 0.1) is 18.0 Å². The predicted molar refractivity (Wildman–Crippen MR) is 96.3 cm³/mol. The van der Waals surface area contributed by atoms with Crippen molar-refractivity contribution in [3.8, 4) is 0 Å². The van der Waals surface area contributed by atoms with Crippen molar-refractivity contribution in [2.24, 2.45) is 0 Å². The monoisotopic (exact) mass is 383 g/mol. The Balaban J connectivity index is 1.91. The third kappa shape index (κ3) is 4.95. The van der Waals surface area contributed by atoms with Crippen LogP contribution in [0.5, 0.6) is 0 Å². The Kier molecular flexibility index (Phi) is 6.60. The Bertz CT molecular complexity index is 771. The van der Waals surface area contributed by atoms with Gasteiger partial charge in [0, 0.05) is 26.2 Å². The van der Waals surface area contributed by atoms with E-state index in [0.29, 0.717) is 38.3 Å². The molecule has 0 unspecified atom stereocenters. The van der Waals surface area contributed by atoms with E-state index in [0.717, 1.165) is 5.56 Å². The van der Waals surface area contributed by atoms with Crippen molar-refractivity contribution in [1.29, 1.82) is 0 Å². The molecule has 0 aliphatic carbocycles. The highest BCUT2D eigenvalue weighted by Gasteiger charge is 2.26. The number of amides is 2. The molecule has 1 saturated heterocycles. The van der Waals surface area contributed by atoms with E-state index in [2.05, 4.69) is 4.72 Å². The quantitative estimate of drug-likeness (QED) is 0.814. The van der Waals surface area contributed by atoms with Gasteiger partial charge in [0.2, 0.25) is 15.9 Å². The summed E-state index contributed by atoms with van der Waals surface area (Å²) in [6.45, 7) is 6.69. The van der Waals surface area contributed by atoms with Gasteiger partial charge in [-0.1, -0.05) is 12.1 Å². The third-order valence-corrected chi connectivity index (χ3v) is 5.75. The average Bonchev–Trinajstić information content (AvgIpc) is 2.62. The minimum Gasteiger partial charge on any atom is -0.450 e. The maximum Gasteiger partial charge on any atom is 0.409 e. The van der Waals surface area contributed by atoms with E-state index in [9.17, 15) is 18.0 Å². The summed E-state index contributed by atoms with van der Waals surface area (Å²) in [6.07, 6.45) is -0.393. The molecule has 2 rings (SSSR count). The third-order valence-electron chi connectivity index (χ3n) is 4.20. The molecule has 1 N–H and O–H groups in total. The molecule has 0 saturated carbocycles. The zero-order chi connectivity index (χ0) is 19.3. The first-order chi connectivity index (χ1) is 12.2. The van der Waals surface area contributed by atoms with Gasteiger partial charge < -0.3 is 14.5 Å². The molecule has 2 amide bonds. The van der Waals surface area contributed by atoms with E-state index in [4.69, 9.17) is 4.74 Å². The minimum absolute atomic E-state index is 0.178. The number of aryl methyl sites for hydroxylation is 2. The number of carbonyl (C=O) groups is 2. The molecule has 0 aromatic heterocycles. The fourth-order valence-electron chi connectivity index (χ4n) is 2.70. The lowest BCUT2D eigenvalue weighted by molar-refractivity contribution is -0.131. The van der Waals surface area contributed by atoms with Crippen LogP contribution in [-0.4, -0.2) is 69.5 Å². The molecule has 1 aromatic rings. The number of ether oxygens (including phenoxy) is 1. The van der Waals surface area contributed by atoms with E-state index in [1.807, 2.05) is 13.0 Å². The van der Waals surface area contributed by atoms with Gasteiger partial charge in [-0.25, -0.2) is 17.9 Å². The van der Waals surface area contributed by atoms with Gasteiger partial charge >= 0.3 is 6.09 Å². The average molecular weight is 383 g/mol. The van der Waals surface area contributed by atoms with Crippen molar-refractivity contribution in [3.63, 3.8) is 0 Å². The Labute approximate surface area is 154 Å². The molecule has 1 heterocycles. The topological polar surface area (TPSA) is 96.0 Å². The second-order valence-electron chi connectivity index (χ2n) is 6.16. The fraction of sp³-hybridized carbons (Fsp3) is 0.529. The van der Waals surface area contributed by atoms with Gasteiger partial charge in [-0.15, -0.1) is 0 Å². The first-order valence-electron chi connectivity index (χ1n) is 8.51. The fourth-order valence-corrected chi connectivity index (χ4v) is 4.00. The van der Waals surface area contributed by atoms with E-state index in [-0.39, 0.29) is 17.3 Å². The molecular formula is C17H25N3O5S. The molecule has 0 spiro atoms. The maximum absolute atomic E-state index is 12.5. The van der Waals surface area contributed by atoms with Crippen LogP contribution in [0, 0.1) is 13.8 Å². The summed E-state index contributed by atoms with van der Waals surface area (Å²) in [5.74, 6) is -0.317. The molecular weight excluding hydrogens is 358 g/mol. The van der Waals surface area contributed by atoms with E-state index in [1.54, 1.807) is 30.9 Å². The Morgan fingerprint density at radius 3 is 2.35 bits per heavy atom. The van der Waals surface area contributed by atoms with Crippen LogP contribution in [0.15, 0.2) is 23.1 Å². The highest BCUT2D eigenvalue weighted by Crippen LogP contribution is 2.16. The number of hydrogen-bond acceptors (Lipinski definition) is 5. The van der Waals surface area contributed by atoms with Crippen LogP contribution in [0.1, 0.15) is 18.1 Å². The summed E-state index contributed by atoms with van der Waals surface area (Å²) in [6, 6.07) is 5.16. The van der Waals surface area contributed by atoms with Crippen molar-refractivity contribution in [3.05, 3.63) is 29.3 Å². The number of nitrogens with one attached hydrogen (secondary N) is 1. The molecule has 0 radical (unpaired) electrons. The van der Waals surface area contributed by atoms with Gasteiger partial charge in [-0.3, -0.25) is 4.79 Å². The van der Waals surface area contributed by atoms with Crippen LogP contribution in [-0.2, 0) is 19.6 Å². The molecule has 1 aliphatic heterocycles. The van der Waals surface area contributed by atoms with E-state index in [1.165, 1.54) is 4.90 Å².